The van der Waals surface area contributed by atoms with E-state index in [0.717, 1.165) is 30.6 Å². The molecule has 0 spiro atoms. The third-order valence-corrected chi connectivity index (χ3v) is 5.71. The van der Waals surface area contributed by atoms with Crippen LogP contribution in [0, 0.1) is 5.92 Å². The van der Waals surface area contributed by atoms with Crippen molar-refractivity contribution >= 4 is 10.2 Å². The summed E-state index contributed by atoms with van der Waals surface area (Å²) < 4.78 is 34.7. The van der Waals surface area contributed by atoms with Crippen molar-refractivity contribution in [3.05, 3.63) is 29.8 Å². The zero-order valence-corrected chi connectivity index (χ0v) is 13.1. The lowest BCUT2D eigenvalue weighted by Crippen LogP contribution is -2.47. The quantitative estimate of drug-likeness (QED) is 0.918. The molecule has 1 fully saturated rings. The Morgan fingerprint density at radius 3 is 2.95 bits per heavy atom. The summed E-state index contributed by atoms with van der Waals surface area (Å²) in [6.45, 7) is 3.65. The van der Waals surface area contributed by atoms with Gasteiger partial charge in [-0.05, 0) is 30.4 Å². The monoisotopic (exact) mass is 310 g/mol. The van der Waals surface area contributed by atoms with Gasteiger partial charge in [-0.25, -0.2) is 0 Å². The van der Waals surface area contributed by atoms with Crippen LogP contribution in [0.3, 0.4) is 0 Å². The minimum Gasteiger partial charge on any atom is -0.488 e. The summed E-state index contributed by atoms with van der Waals surface area (Å²) in [5.41, 5.74) is 1.15. The van der Waals surface area contributed by atoms with E-state index < -0.39 is 10.2 Å². The molecule has 1 N–H and O–H groups in total. The van der Waals surface area contributed by atoms with E-state index in [0.29, 0.717) is 25.6 Å². The van der Waals surface area contributed by atoms with Crippen LogP contribution < -0.4 is 9.46 Å². The standard InChI is InChI=1S/C15H22N2O3S/c1-12-5-4-8-17(11-12)21(18,19)16-10-14-9-13-6-2-3-7-15(13)20-14/h2-3,6-7,12,14,16H,4-5,8-11H2,1H3/t12-,14+/m1/s1. The summed E-state index contributed by atoms with van der Waals surface area (Å²) in [5.74, 6) is 1.30. The van der Waals surface area contributed by atoms with Crippen molar-refractivity contribution in [3.8, 4) is 5.75 Å². The molecule has 1 aromatic carbocycles. The summed E-state index contributed by atoms with van der Waals surface area (Å²) in [6, 6.07) is 7.86. The van der Waals surface area contributed by atoms with Crippen LogP contribution in [0.1, 0.15) is 25.3 Å². The number of rotatable bonds is 4. The lowest BCUT2D eigenvalue weighted by molar-refractivity contribution is 0.231. The molecule has 2 atom stereocenters. The zero-order valence-electron chi connectivity index (χ0n) is 12.3. The van der Waals surface area contributed by atoms with Crippen LogP contribution in [0.4, 0.5) is 0 Å². The highest BCUT2D eigenvalue weighted by atomic mass is 32.2. The first-order chi connectivity index (χ1) is 10.0. The number of hydrogen-bond donors (Lipinski definition) is 1. The molecular weight excluding hydrogens is 288 g/mol. The highest BCUT2D eigenvalue weighted by Crippen LogP contribution is 2.28. The van der Waals surface area contributed by atoms with Crippen LogP contribution in [0.2, 0.25) is 0 Å². The van der Waals surface area contributed by atoms with Crippen molar-refractivity contribution in [3.63, 3.8) is 0 Å². The van der Waals surface area contributed by atoms with Crippen molar-refractivity contribution in [1.82, 2.24) is 9.03 Å². The Labute approximate surface area is 126 Å². The van der Waals surface area contributed by atoms with Crippen LogP contribution in [0.5, 0.6) is 5.75 Å². The molecule has 0 radical (unpaired) electrons. The molecule has 116 valence electrons. The first-order valence-electron chi connectivity index (χ1n) is 7.54. The van der Waals surface area contributed by atoms with E-state index in [1.807, 2.05) is 24.3 Å². The minimum absolute atomic E-state index is 0.112. The van der Waals surface area contributed by atoms with Crippen molar-refractivity contribution in [2.45, 2.75) is 32.3 Å². The summed E-state index contributed by atoms with van der Waals surface area (Å²) >= 11 is 0. The molecule has 21 heavy (non-hydrogen) atoms. The maximum atomic E-state index is 12.3. The number of hydrogen-bond acceptors (Lipinski definition) is 3. The number of nitrogens with one attached hydrogen (secondary N) is 1. The van der Waals surface area contributed by atoms with Crippen LogP contribution in [-0.4, -0.2) is 38.5 Å². The molecule has 2 aliphatic heterocycles. The summed E-state index contributed by atoms with van der Waals surface area (Å²) in [4.78, 5) is 0. The highest BCUT2D eigenvalue weighted by molar-refractivity contribution is 7.87. The molecular formula is C15H22N2O3S. The number of ether oxygens (including phenoxy) is 1. The fraction of sp³-hybridized carbons (Fsp3) is 0.600. The van der Waals surface area contributed by atoms with Gasteiger partial charge in [0, 0.05) is 26.1 Å². The van der Waals surface area contributed by atoms with E-state index in [1.165, 1.54) is 0 Å². The van der Waals surface area contributed by atoms with Gasteiger partial charge in [-0.2, -0.15) is 17.4 Å². The minimum atomic E-state index is -3.39. The van der Waals surface area contributed by atoms with E-state index in [1.54, 1.807) is 4.31 Å². The molecule has 0 bridgehead atoms. The molecule has 2 heterocycles. The van der Waals surface area contributed by atoms with E-state index in [4.69, 9.17) is 4.74 Å². The number of para-hydroxylation sites is 1. The Balaban J connectivity index is 1.56. The number of benzene rings is 1. The van der Waals surface area contributed by atoms with Crippen molar-refractivity contribution in [1.29, 1.82) is 0 Å². The average molecular weight is 310 g/mol. The molecule has 1 saturated heterocycles. The van der Waals surface area contributed by atoms with Crippen LogP contribution in [-0.2, 0) is 16.6 Å². The molecule has 2 aliphatic rings. The summed E-state index contributed by atoms with van der Waals surface area (Å²) in [5, 5.41) is 0. The number of nitrogens with zero attached hydrogens (tertiary/aromatic N) is 1. The third kappa shape index (κ3) is 3.39. The van der Waals surface area contributed by atoms with Gasteiger partial charge in [0.2, 0.25) is 0 Å². The second-order valence-corrected chi connectivity index (χ2v) is 7.77. The topological polar surface area (TPSA) is 58.6 Å². The molecule has 3 rings (SSSR count). The van der Waals surface area contributed by atoms with Gasteiger partial charge in [0.05, 0.1) is 0 Å². The zero-order chi connectivity index (χ0) is 14.9. The molecule has 1 aromatic rings. The normalized spacial score (nSPS) is 26.3. The van der Waals surface area contributed by atoms with Crippen molar-refractivity contribution in [2.75, 3.05) is 19.6 Å². The second-order valence-electron chi connectivity index (χ2n) is 6.01. The van der Waals surface area contributed by atoms with Gasteiger partial charge in [0.15, 0.2) is 0 Å². The SMILES string of the molecule is C[C@@H]1CCCN(S(=O)(=O)NC[C@@H]2Cc3ccccc3O2)C1. The maximum Gasteiger partial charge on any atom is 0.279 e. The molecule has 0 aromatic heterocycles. The molecule has 0 aliphatic carbocycles. The Kier molecular flexibility index (Phi) is 4.19. The Bertz CT molecular complexity index is 578. The predicted octanol–water partition coefficient (Wildman–Crippen LogP) is 1.56. The second kappa shape index (κ2) is 5.94. The van der Waals surface area contributed by atoms with Crippen LogP contribution >= 0.6 is 0 Å². The van der Waals surface area contributed by atoms with Gasteiger partial charge in [-0.3, -0.25) is 0 Å². The van der Waals surface area contributed by atoms with Gasteiger partial charge in [-0.1, -0.05) is 25.1 Å². The van der Waals surface area contributed by atoms with Gasteiger partial charge in [-0.15, -0.1) is 0 Å². The predicted molar refractivity (Wildman–Crippen MR) is 81.5 cm³/mol. The lowest BCUT2D eigenvalue weighted by Gasteiger charge is -2.30. The van der Waals surface area contributed by atoms with Gasteiger partial charge in [0.25, 0.3) is 10.2 Å². The van der Waals surface area contributed by atoms with Gasteiger partial charge < -0.3 is 4.74 Å². The number of piperidine rings is 1. The highest BCUT2D eigenvalue weighted by Gasteiger charge is 2.29. The molecule has 6 heteroatoms. The van der Waals surface area contributed by atoms with Crippen molar-refractivity contribution in [2.24, 2.45) is 5.92 Å². The van der Waals surface area contributed by atoms with Gasteiger partial charge >= 0.3 is 0 Å². The fourth-order valence-electron chi connectivity index (χ4n) is 3.02. The Hall–Kier alpha value is -1.11. The van der Waals surface area contributed by atoms with E-state index in [2.05, 4.69) is 11.6 Å². The maximum absolute atomic E-state index is 12.3. The van der Waals surface area contributed by atoms with Crippen LogP contribution in [0.25, 0.3) is 0 Å². The van der Waals surface area contributed by atoms with Crippen LogP contribution in [0.15, 0.2) is 24.3 Å². The largest absolute Gasteiger partial charge is 0.488 e. The first-order valence-corrected chi connectivity index (χ1v) is 8.98. The fourth-order valence-corrected chi connectivity index (χ4v) is 4.42. The molecule has 0 unspecified atom stereocenters. The van der Waals surface area contributed by atoms with Crippen molar-refractivity contribution < 1.29 is 13.2 Å². The molecule has 0 saturated carbocycles. The smallest absolute Gasteiger partial charge is 0.279 e. The van der Waals surface area contributed by atoms with E-state index in [9.17, 15) is 8.42 Å². The Morgan fingerprint density at radius 1 is 1.38 bits per heavy atom. The van der Waals surface area contributed by atoms with E-state index in [-0.39, 0.29) is 6.10 Å². The third-order valence-electron chi connectivity index (χ3n) is 4.17. The molecule has 0 amide bonds. The molecule has 5 nitrogen and oxygen atoms in total. The van der Waals surface area contributed by atoms with E-state index >= 15 is 0 Å². The first kappa shape index (κ1) is 14.8. The average Bonchev–Trinajstić information content (AvgIpc) is 2.88. The summed E-state index contributed by atoms with van der Waals surface area (Å²) in [6.07, 6.45) is 2.69. The summed E-state index contributed by atoms with van der Waals surface area (Å²) in [7, 11) is -3.39. The number of fused-ring (bicyclic) bond motifs is 1. The Morgan fingerprint density at radius 2 is 2.19 bits per heavy atom. The van der Waals surface area contributed by atoms with Gasteiger partial charge in [0.1, 0.15) is 11.9 Å². The lowest BCUT2D eigenvalue weighted by atomic mass is 10.0.